The van der Waals surface area contributed by atoms with Crippen molar-refractivity contribution < 1.29 is 23.7 Å². The number of hydrazone groups is 1. The number of hydrogen-bond acceptors (Lipinski definition) is 8. The summed E-state index contributed by atoms with van der Waals surface area (Å²) in [6, 6.07) is 10.6. The Bertz CT molecular complexity index is 1260. The van der Waals surface area contributed by atoms with E-state index in [9.17, 15) is 4.79 Å². The van der Waals surface area contributed by atoms with E-state index < -0.39 is 5.91 Å². The summed E-state index contributed by atoms with van der Waals surface area (Å²) in [6.45, 7) is 2.42. The fourth-order valence-electron chi connectivity index (χ4n) is 3.34. The molecular formula is C24H23ClN4O5S. The Morgan fingerprint density at radius 1 is 1.09 bits per heavy atom. The second-order valence-corrected chi connectivity index (χ2v) is 8.70. The second kappa shape index (κ2) is 10.8. The first-order chi connectivity index (χ1) is 16.9. The lowest BCUT2D eigenvalue weighted by atomic mass is 10.1. The largest absolute Gasteiger partial charge is 0.493 e. The maximum absolute atomic E-state index is 12.6. The van der Waals surface area contributed by atoms with Crippen molar-refractivity contribution in [2.75, 3.05) is 27.4 Å². The van der Waals surface area contributed by atoms with E-state index in [1.54, 1.807) is 25.3 Å². The molecule has 0 fully saturated rings. The van der Waals surface area contributed by atoms with Crippen molar-refractivity contribution in [3.63, 3.8) is 0 Å². The van der Waals surface area contributed by atoms with Crippen LogP contribution < -0.4 is 18.9 Å². The number of ether oxygens (including phenoxy) is 4. The van der Waals surface area contributed by atoms with E-state index in [1.807, 2.05) is 25.1 Å². The van der Waals surface area contributed by atoms with E-state index in [-0.39, 0.29) is 29.6 Å². The zero-order valence-electron chi connectivity index (χ0n) is 19.3. The molecule has 0 atom stereocenters. The summed E-state index contributed by atoms with van der Waals surface area (Å²) in [6.07, 6.45) is 2.23. The Labute approximate surface area is 211 Å². The minimum atomic E-state index is -0.509. The Hall–Kier alpha value is -3.50. The summed E-state index contributed by atoms with van der Waals surface area (Å²) in [5.74, 6) is 1.41. The third-order valence-electron chi connectivity index (χ3n) is 5.02. The number of fused-ring (bicyclic) bond motifs is 1. The summed E-state index contributed by atoms with van der Waals surface area (Å²) in [7, 11) is 3.07. The van der Waals surface area contributed by atoms with Crippen LogP contribution in [0.2, 0.25) is 5.02 Å². The van der Waals surface area contributed by atoms with Crippen LogP contribution in [0.5, 0.6) is 23.0 Å². The van der Waals surface area contributed by atoms with Crippen LogP contribution in [0, 0.1) is 5.41 Å². The molecule has 9 nitrogen and oxygen atoms in total. The molecule has 35 heavy (non-hydrogen) atoms. The molecule has 2 aliphatic rings. The SMILES string of the molecule is CCC1=NN2C(=N)/C(=C/c3cc(Cl)c(OCCOc4ccccc4OC)c(OC)c3)C(=O)N=C2S1. The molecule has 0 bridgehead atoms. The van der Waals surface area contributed by atoms with E-state index >= 15 is 0 Å². The zero-order valence-corrected chi connectivity index (χ0v) is 20.9. The number of nitrogens with one attached hydrogen (secondary N) is 1. The van der Waals surface area contributed by atoms with Gasteiger partial charge in [0.05, 0.1) is 24.8 Å². The summed E-state index contributed by atoms with van der Waals surface area (Å²) >= 11 is 7.77. The lowest BCUT2D eigenvalue weighted by Gasteiger charge is -2.20. The number of amidine groups is 2. The van der Waals surface area contributed by atoms with Crippen molar-refractivity contribution in [1.29, 1.82) is 5.41 Å². The number of nitrogens with zero attached hydrogens (tertiary/aromatic N) is 3. The molecule has 0 saturated heterocycles. The lowest BCUT2D eigenvalue weighted by Crippen LogP contribution is -2.35. The summed E-state index contributed by atoms with van der Waals surface area (Å²) in [5.41, 5.74) is 0.662. The average Bonchev–Trinajstić information content (AvgIpc) is 3.28. The smallest absolute Gasteiger partial charge is 0.283 e. The van der Waals surface area contributed by atoms with Gasteiger partial charge in [-0.25, -0.2) is 0 Å². The van der Waals surface area contributed by atoms with Crippen LogP contribution in [0.1, 0.15) is 18.9 Å². The van der Waals surface area contributed by atoms with Gasteiger partial charge >= 0.3 is 0 Å². The van der Waals surface area contributed by atoms with Gasteiger partial charge < -0.3 is 18.9 Å². The van der Waals surface area contributed by atoms with Gasteiger partial charge in [-0.3, -0.25) is 10.2 Å². The van der Waals surface area contributed by atoms with E-state index in [0.717, 1.165) is 5.04 Å². The summed E-state index contributed by atoms with van der Waals surface area (Å²) < 4.78 is 22.3. The molecule has 2 heterocycles. The van der Waals surface area contributed by atoms with Crippen LogP contribution in [-0.2, 0) is 4.79 Å². The normalized spacial score (nSPS) is 16.1. The molecular weight excluding hydrogens is 492 g/mol. The molecule has 1 amide bonds. The number of aliphatic imine (C=N–C) groups is 1. The molecule has 1 N–H and O–H groups in total. The van der Waals surface area contributed by atoms with Crippen molar-refractivity contribution in [2.24, 2.45) is 10.1 Å². The fraction of sp³-hybridized carbons (Fsp3) is 0.250. The number of para-hydroxylation sites is 2. The number of thioether (sulfide) groups is 1. The topological polar surface area (TPSA) is 106 Å². The Morgan fingerprint density at radius 3 is 2.51 bits per heavy atom. The molecule has 182 valence electrons. The van der Waals surface area contributed by atoms with Gasteiger partial charge in [0.15, 0.2) is 28.8 Å². The number of rotatable bonds is 9. The molecule has 0 aliphatic carbocycles. The van der Waals surface area contributed by atoms with Gasteiger partial charge in [-0.2, -0.15) is 15.1 Å². The van der Waals surface area contributed by atoms with Gasteiger partial charge in [0, 0.05) is 0 Å². The van der Waals surface area contributed by atoms with Crippen LogP contribution in [0.3, 0.4) is 0 Å². The first-order valence-electron chi connectivity index (χ1n) is 10.7. The molecule has 2 aromatic carbocycles. The fourth-order valence-corrected chi connectivity index (χ4v) is 4.44. The third-order valence-corrected chi connectivity index (χ3v) is 6.35. The Balaban J connectivity index is 1.49. The van der Waals surface area contributed by atoms with Crippen LogP contribution >= 0.6 is 23.4 Å². The summed E-state index contributed by atoms with van der Waals surface area (Å²) in [5, 5.41) is 15.6. The maximum Gasteiger partial charge on any atom is 0.283 e. The van der Waals surface area contributed by atoms with Crippen LogP contribution in [-0.4, -0.2) is 54.4 Å². The molecule has 0 unspecified atom stereocenters. The molecule has 0 saturated carbocycles. The van der Waals surface area contributed by atoms with Crippen molar-refractivity contribution in [1.82, 2.24) is 5.01 Å². The minimum Gasteiger partial charge on any atom is -0.493 e. The predicted octanol–water partition coefficient (Wildman–Crippen LogP) is 4.84. The number of carbonyl (C=O) groups is 1. The monoisotopic (exact) mass is 514 g/mol. The number of hydrogen-bond donors (Lipinski definition) is 1. The van der Waals surface area contributed by atoms with Crippen molar-refractivity contribution >= 4 is 51.4 Å². The highest BCUT2D eigenvalue weighted by Gasteiger charge is 2.35. The number of benzene rings is 2. The molecule has 2 aliphatic heterocycles. The number of methoxy groups -OCH3 is 2. The standard InChI is InChI=1S/C24H23ClN4O5S/c1-4-20-28-29-22(26)15(23(30)27-24(29)35-20)11-14-12-16(25)21(19(13-14)32-3)34-10-9-33-18-8-6-5-7-17(18)31-2/h5-8,11-13,26H,4,9-10H2,1-3H3/b15-11-,26-22?. The third kappa shape index (κ3) is 5.28. The van der Waals surface area contributed by atoms with Gasteiger partial charge in [0.1, 0.15) is 18.3 Å². The number of halogens is 1. The van der Waals surface area contributed by atoms with Gasteiger partial charge in [0.25, 0.3) is 5.91 Å². The highest BCUT2D eigenvalue weighted by Crippen LogP contribution is 2.38. The van der Waals surface area contributed by atoms with Crippen molar-refractivity contribution in [3.8, 4) is 23.0 Å². The highest BCUT2D eigenvalue weighted by atomic mass is 35.5. The quantitative estimate of drug-likeness (QED) is 0.377. The predicted molar refractivity (Wildman–Crippen MR) is 137 cm³/mol. The molecule has 0 radical (unpaired) electrons. The van der Waals surface area contributed by atoms with Crippen molar-refractivity contribution in [2.45, 2.75) is 13.3 Å². The van der Waals surface area contributed by atoms with Crippen LogP contribution in [0.4, 0.5) is 0 Å². The minimum absolute atomic E-state index is 0.0418. The molecule has 4 rings (SSSR count). The highest BCUT2D eigenvalue weighted by molar-refractivity contribution is 8.26. The van der Waals surface area contributed by atoms with Gasteiger partial charge in [-0.15, -0.1) is 0 Å². The summed E-state index contributed by atoms with van der Waals surface area (Å²) in [4.78, 5) is 16.7. The maximum atomic E-state index is 12.6. The number of carbonyl (C=O) groups excluding carboxylic acids is 1. The van der Waals surface area contributed by atoms with E-state index in [4.69, 9.17) is 36.0 Å². The van der Waals surface area contributed by atoms with E-state index in [1.165, 1.54) is 30.0 Å². The Morgan fingerprint density at radius 2 is 1.80 bits per heavy atom. The molecule has 0 spiro atoms. The van der Waals surface area contributed by atoms with Crippen molar-refractivity contribution in [3.05, 3.63) is 52.6 Å². The van der Waals surface area contributed by atoms with E-state index in [2.05, 4.69) is 10.1 Å². The molecule has 0 aromatic heterocycles. The molecule has 11 heteroatoms. The van der Waals surface area contributed by atoms with E-state index in [0.29, 0.717) is 40.1 Å². The lowest BCUT2D eigenvalue weighted by molar-refractivity contribution is -0.114. The second-order valence-electron chi connectivity index (χ2n) is 7.25. The Kier molecular flexibility index (Phi) is 7.62. The zero-order chi connectivity index (χ0) is 24.9. The van der Waals surface area contributed by atoms with Crippen LogP contribution in [0.25, 0.3) is 6.08 Å². The number of amides is 1. The average molecular weight is 515 g/mol. The first kappa shape index (κ1) is 24.6. The van der Waals surface area contributed by atoms with Gasteiger partial charge in [0.2, 0.25) is 5.17 Å². The molecule has 2 aromatic rings. The van der Waals surface area contributed by atoms with Crippen LogP contribution in [0.15, 0.2) is 52.1 Å². The first-order valence-corrected chi connectivity index (χ1v) is 11.9. The van der Waals surface area contributed by atoms with Gasteiger partial charge in [-0.1, -0.05) is 30.7 Å². The van der Waals surface area contributed by atoms with Gasteiger partial charge in [-0.05, 0) is 54.1 Å².